The Hall–Kier alpha value is -0.930. The lowest BCUT2D eigenvalue weighted by Crippen LogP contribution is -2.42. The number of thioether (sulfide) groups is 1. The molecule has 17 heavy (non-hydrogen) atoms. The van der Waals surface area contributed by atoms with Crippen LogP contribution in [-0.2, 0) is 0 Å². The Morgan fingerprint density at radius 2 is 2.35 bits per heavy atom. The molecule has 0 aromatic heterocycles. The minimum Gasteiger partial charge on any atom is -0.487 e. The van der Waals surface area contributed by atoms with E-state index in [0.717, 1.165) is 24.3 Å². The number of para-hydroxylation sites is 1. The third-order valence-corrected chi connectivity index (χ3v) is 4.18. The van der Waals surface area contributed by atoms with E-state index in [1.807, 2.05) is 30.0 Å². The van der Waals surface area contributed by atoms with Gasteiger partial charge in [0, 0.05) is 16.7 Å². The van der Waals surface area contributed by atoms with E-state index < -0.39 is 0 Å². The first kappa shape index (κ1) is 12.5. The van der Waals surface area contributed by atoms with Crippen molar-refractivity contribution in [2.24, 2.45) is 5.73 Å². The van der Waals surface area contributed by atoms with Crippen molar-refractivity contribution in [2.45, 2.75) is 36.8 Å². The highest BCUT2D eigenvalue weighted by molar-refractivity contribution is 7.99. The second-order valence-electron chi connectivity index (χ2n) is 4.39. The summed E-state index contributed by atoms with van der Waals surface area (Å²) in [6.45, 7) is 6.12. The van der Waals surface area contributed by atoms with Crippen molar-refractivity contribution in [1.82, 2.24) is 0 Å². The van der Waals surface area contributed by atoms with Crippen LogP contribution in [0.2, 0.25) is 0 Å². The van der Waals surface area contributed by atoms with Gasteiger partial charge in [-0.2, -0.15) is 0 Å². The van der Waals surface area contributed by atoms with Gasteiger partial charge in [-0.3, -0.25) is 0 Å². The fourth-order valence-electron chi connectivity index (χ4n) is 1.86. The zero-order valence-corrected chi connectivity index (χ0v) is 11.0. The summed E-state index contributed by atoms with van der Waals surface area (Å²) in [5, 5.41) is 0. The second-order valence-corrected chi connectivity index (χ2v) is 5.45. The van der Waals surface area contributed by atoms with E-state index in [2.05, 4.69) is 19.6 Å². The third-order valence-electron chi connectivity index (χ3n) is 3.03. The number of hydrogen-bond donors (Lipinski definition) is 1. The first-order valence-electron chi connectivity index (χ1n) is 6.01. The van der Waals surface area contributed by atoms with Crippen molar-refractivity contribution in [2.75, 3.05) is 5.75 Å². The van der Waals surface area contributed by atoms with Gasteiger partial charge >= 0.3 is 0 Å². The van der Waals surface area contributed by atoms with Crippen molar-refractivity contribution < 1.29 is 4.74 Å². The molecule has 0 amide bonds. The van der Waals surface area contributed by atoms with Crippen LogP contribution in [0.15, 0.2) is 41.3 Å². The molecule has 1 aliphatic heterocycles. The van der Waals surface area contributed by atoms with Gasteiger partial charge in [-0.25, -0.2) is 0 Å². The van der Waals surface area contributed by atoms with Crippen LogP contribution in [0, 0.1) is 0 Å². The average molecular weight is 249 g/mol. The molecule has 0 spiro atoms. The topological polar surface area (TPSA) is 35.2 Å². The Balaban J connectivity index is 2.00. The number of rotatable bonds is 4. The molecule has 2 unspecified atom stereocenters. The maximum atomic E-state index is 6.18. The summed E-state index contributed by atoms with van der Waals surface area (Å²) < 4.78 is 5.95. The maximum absolute atomic E-state index is 6.18. The van der Waals surface area contributed by atoms with E-state index in [-0.39, 0.29) is 12.1 Å². The fourth-order valence-corrected chi connectivity index (χ4v) is 2.95. The maximum Gasteiger partial charge on any atom is 0.133 e. The van der Waals surface area contributed by atoms with Crippen LogP contribution in [-0.4, -0.2) is 17.9 Å². The molecular weight excluding hydrogens is 230 g/mol. The molecule has 0 radical (unpaired) electrons. The van der Waals surface area contributed by atoms with E-state index in [9.17, 15) is 0 Å². The smallest absolute Gasteiger partial charge is 0.133 e. The van der Waals surface area contributed by atoms with Crippen molar-refractivity contribution in [3.63, 3.8) is 0 Å². The number of fused-ring (bicyclic) bond motifs is 1. The Labute approximate surface area is 107 Å². The number of ether oxygens (including phenoxy) is 1. The minimum absolute atomic E-state index is 0.0447. The van der Waals surface area contributed by atoms with Crippen molar-refractivity contribution in [3.05, 3.63) is 36.4 Å². The second kappa shape index (κ2) is 5.61. The van der Waals surface area contributed by atoms with Crippen LogP contribution in [0.4, 0.5) is 0 Å². The summed E-state index contributed by atoms with van der Waals surface area (Å²) in [5.74, 6) is 1.89. The van der Waals surface area contributed by atoms with Gasteiger partial charge in [0.1, 0.15) is 11.9 Å². The molecule has 0 saturated heterocycles. The predicted octanol–water partition coefficient (Wildman–Crippen LogP) is 3.22. The Morgan fingerprint density at radius 3 is 3.12 bits per heavy atom. The molecule has 3 heteroatoms. The van der Waals surface area contributed by atoms with E-state index >= 15 is 0 Å². The molecule has 0 bridgehead atoms. The zero-order chi connectivity index (χ0) is 12.3. The quantitative estimate of drug-likeness (QED) is 0.832. The lowest BCUT2D eigenvalue weighted by atomic mass is 10.0. The molecule has 2 N–H and O–H groups in total. The molecule has 92 valence electrons. The highest BCUT2D eigenvalue weighted by Gasteiger charge is 2.25. The summed E-state index contributed by atoms with van der Waals surface area (Å²) in [4.78, 5) is 1.21. The molecule has 1 aliphatic rings. The van der Waals surface area contributed by atoms with Crippen LogP contribution in [0.5, 0.6) is 5.75 Å². The number of benzene rings is 1. The molecule has 0 saturated carbocycles. The normalized spacial score (nSPS) is 20.2. The highest BCUT2D eigenvalue weighted by atomic mass is 32.2. The summed E-state index contributed by atoms with van der Waals surface area (Å²) >= 11 is 1.83. The van der Waals surface area contributed by atoms with Crippen LogP contribution < -0.4 is 10.5 Å². The van der Waals surface area contributed by atoms with Crippen molar-refractivity contribution in [3.8, 4) is 5.75 Å². The van der Waals surface area contributed by atoms with Gasteiger partial charge in [-0.15, -0.1) is 11.8 Å². The van der Waals surface area contributed by atoms with Gasteiger partial charge < -0.3 is 10.5 Å². The van der Waals surface area contributed by atoms with Crippen LogP contribution in [0.3, 0.4) is 0 Å². The van der Waals surface area contributed by atoms with Crippen molar-refractivity contribution in [1.29, 1.82) is 0 Å². The van der Waals surface area contributed by atoms with Crippen LogP contribution in [0.25, 0.3) is 0 Å². The molecule has 1 heterocycles. The van der Waals surface area contributed by atoms with Gasteiger partial charge in [0.05, 0.1) is 0 Å². The van der Waals surface area contributed by atoms with Crippen LogP contribution >= 0.6 is 11.8 Å². The lowest BCUT2D eigenvalue weighted by molar-refractivity contribution is 0.184. The van der Waals surface area contributed by atoms with E-state index in [1.165, 1.54) is 10.5 Å². The van der Waals surface area contributed by atoms with Gasteiger partial charge in [0.15, 0.2) is 0 Å². The van der Waals surface area contributed by atoms with E-state index in [1.54, 1.807) is 0 Å². The van der Waals surface area contributed by atoms with Gasteiger partial charge in [-0.1, -0.05) is 31.2 Å². The molecular formula is C14H19NOS. The highest BCUT2D eigenvalue weighted by Crippen LogP contribution is 2.36. The monoisotopic (exact) mass is 249 g/mol. The summed E-state index contributed by atoms with van der Waals surface area (Å²) in [6.07, 6.45) is 1.94. The number of hydrogen-bond acceptors (Lipinski definition) is 3. The zero-order valence-electron chi connectivity index (χ0n) is 10.2. The SMILES string of the molecule is C=C(CC)CC(N)C1CSc2ccccc2O1. The van der Waals surface area contributed by atoms with Crippen molar-refractivity contribution >= 4 is 11.8 Å². The molecule has 1 aromatic carbocycles. The van der Waals surface area contributed by atoms with Gasteiger partial charge in [0.2, 0.25) is 0 Å². The summed E-state index contributed by atoms with van der Waals surface area (Å²) in [5.41, 5.74) is 7.38. The van der Waals surface area contributed by atoms with E-state index in [0.29, 0.717) is 0 Å². The summed E-state index contributed by atoms with van der Waals surface area (Å²) in [7, 11) is 0. The largest absolute Gasteiger partial charge is 0.487 e. The number of nitrogens with two attached hydrogens (primary N) is 1. The molecule has 1 aromatic rings. The Bertz CT molecular complexity index is 405. The standard InChI is InChI=1S/C14H19NOS/c1-3-10(2)8-11(15)13-9-17-14-7-5-4-6-12(14)16-13/h4-7,11,13H,2-3,8-9,15H2,1H3. The first-order valence-corrected chi connectivity index (χ1v) is 7.00. The first-order chi connectivity index (χ1) is 8.20. The Kier molecular flexibility index (Phi) is 4.13. The van der Waals surface area contributed by atoms with Gasteiger partial charge in [0.25, 0.3) is 0 Å². The average Bonchev–Trinajstić information content (AvgIpc) is 2.38. The molecule has 0 aliphatic carbocycles. The lowest BCUT2D eigenvalue weighted by Gasteiger charge is -2.30. The molecule has 2 atom stereocenters. The van der Waals surface area contributed by atoms with Crippen LogP contribution in [0.1, 0.15) is 19.8 Å². The van der Waals surface area contributed by atoms with Gasteiger partial charge in [-0.05, 0) is 25.0 Å². The minimum atomic E-state index is 0.0447. The fraction of sp³-hybridized carbons (Fsp3) is 0.429. The Morgan fingerprint density at radius 1 is 1.59 bits per heavy atom. The summed E-state index contributed by atoms with van der Waals surface area (Å²) in [6, 6.07) is 8.18. The van der Waals surface area contributed by atoms with E-state index in [4.69, 9.17) is 10.5 Å². The predicted molar refractivity (Wildman–Crippen MR) is 73.6 cm³/mol. The molecule has 2 rings (SSSR count). The third kappa shape index (κ3) is 3.05. The molecule has 0 fully saturated rings. The molecule has 2 nitrogen and oxygen atoms in total.